The van der Waals surface area contributed by atoms with Crippen molar-refractivity contribution in [2.45, 2.75) is 77.6 Å². The van der Waals surface area contributed by atoms with Crippen LogP contribution in [0.1, 0.15) is 82.5 Å². The van der Waals surface area contributed by atoms with E-state index in [4.69, 9.17) is 0 Å². The molecule has 19 heavy (non-hydrogen) atoms. The van der Waals surface area contributed by atoms with Crippen molar-refractivity contribution in [2.75, 3.05) is 0 Å². The molecule has 0 aliphatic heterocycles. The van der Waals surface area contributed by atoms with Crippen molar-refractivity contribution in [2.24, 2.45) is 5.92 Å². The van der Waals surface area contributed by atoms with Crippen LogP contribution in [-0.2, 0) is 6.42 Å². The van der Waals surface area contributed by atoms with E-state index in [1.807, 2.05) is 0 Å². The maximum Gasteiger partial charge on any atom is 0.0662 e. The van der Waals surface area contributed by atoms with Crippen LogP contribution in [0.3, 0.4) is 0 Å². The summed E-state index contributed by atoms with van der Waals surface area (Å²) in [4.78, 5) is 0. The van der Waals surface area contributed by atoms with Gasteiger partial charge in [-0.3, -0.25) is 0 Å². The van der Waals surface area contributed by atoms with Gasteiger partial charge in [-0.15, -0.1) is 0 Å². The van der Waals surface area contributed by atoms with Gasteiger partial charge in [0.1, 0.15) is 0 Å². The van der Waals surface area contributed by atoms with Crippen molar-refractivity contribution >= 4 is 0 Å². The zero-order valence-corrected chi connectivity index (χ0v) is 12.6. The smallest absolute Gasteiger partial charge is 0.0662 e. The Kier molecular flexibility index (Phi) is 5.81. The van der Waals surface area contributed by atoms with Crippen LogP contribution >= 0.6 is 0 Å². The van der Waals surface area contributed by atoms with Crippen LogP contribution in [-0.4, -0.2) is 10.2 Å². The van der Waals surface area contributed by atoms with Crippen LogP contribution < -0.4 is 0 Å². The van der Waals surface area contributed by atoms with Gasteiger partial charge >= 0.3 is 0 Å². The average molecular weight is 260 g/mol. The lowest BCUT2D eigenvalue weighted by Gasteiger charge is -2.27. The van der Waals surface area contributed by atoms with Crippen molar-refractivity contribution in [3.05, 3.63) is 23.5 Å². The standard InChI is InChI=1S/C17H28N2/c1-3-5-7-14-8-10-15(11-9-14)17-13-12-16(6-4-2)18-19-17/h12-15H,3-11H2,1-2H3/t14-,15-. The van der Waals surface area contributed by atoms with Crippen molar-refractivity contribution in [1.29, 1.82) is 0 Å². The molecule has 1 fully saturated rings. The summed E-state index contributed by atoms with van der Waals surface area (Å²) in [6.07, 6.45) is 11.8. The Balaban J connectivity index is 1.83. The second kappa shape index (κ2) is 7.62. The highest BCUT2D eigenvalue weighted by atomic mass is 15.1. The highest BCUT2D eigenvalue weighted by Crippen LogP contribution is 2.36. The van der Waals surface area contributed by atoms with Crippen molar-refractivity contribution in [3.8, 4) is 0 Å². The number of aryl methyl sites for hydroxylation is 1. The molecule has 0 N–H and O–H groups in total. The summed E-state index contributed by atoms with van der Waals surface area (Å²) in [6.45, 7) is 4.48. The Morgan fingerprint density at radius 3 is 2.37 bits per heavy atom. The molecule has 0 atom stereocenters. The van der Waals surface area contributed by atoms with Crippen LogP contribution in [0.15, 0.2) is 12.1 Å². The average Bonchev–Trinajstić information content (AvgIpc) is 2.47. The molecule has 1 aromatic rings. The summed E-state index contributed by atoms with van der Waals surface area (Å²) in [5.74, 6) is 1.64. The summed E-state index contributed by atoms with van der Waals surface area (Å²) < 4.78 is 0. The zero-order valence-electron chi connectivity index (χ0n) is 12.6. The van der Waals surface area contributed by atoms with Gasteiger partial charge in [-0.05, 0) is 50.2 Å². The van der Waals surface area contributed by atoms with Crippen molar-refractivity contribution in [3.63, 3.8) is 0 Å². The minimum absolute atomic E-state index is 0.668. The van der Waals surface area contributed by atoms with Gasteiger partial charge in [0.05, 0.1) is 11.4 Å². The Labute approximate surface area is 118 Å². The molecule has 0 radical (unpaired) electrons. The molecule has 0 bridgehead atoms. The molecule has 2 heteroatoms. The Hall–Kier alpha value is -0.920. The highest BCUT2D eigenvalue weighted by Gasteiger charge is 2.23. The van der Waals surface area contributed by atoms with E-state index in [9.17, 15) is 0 Å². The van der Waals surface area contributed by atoms with Crippen LogP contribution in [0.25, 0.3) is 0 Å². The maximum atomic E-state index is 4.46. The van der Waals surface area contributed by atoms with Gasteiger partial charge in [0.25, 0.3) is 0 Å². The molecule has 1 aliphatic carbocycles. The molecule has 0 spiro atoms. The molecule has 0 unspecified atom stereocenters. The van der Waals surface area contributed by atoms with Crippen LogP contribution in [0.5, 0.6) is 0 Å². The molecule has 1 aliphatic rings. The Bertz CT molecular complexity index is 350. The van der Waals surface area contributed by atoms with Gasteiger partial charge in [0.2, 0.25) is 0 Å². The summed E-state index contributed by atoms with van der Waals surface area (Å²) in [5, 5.41) is 8.82. The van der Waals surface area contributed by atoms with Crippen LogP contribution in [0.4, 0.5) is 0 Å². The molecule has 1 heterocycles. The van der Waals surface area contributed by atoms with Gasteiger partial charge in [0.15, 0.2) is 0 Å². The Morgan fingerprint density at radius 1 is 1.00 bits per heavy atom. The van der Waals surface area contributed by atoms with Crippen molar-refractivity contribution < 1.29 is 0 Å². The van der Waals surface area contributed by atoms with E-state index in [1.54, 1.807) is 0 Å². The highest BCUT2D eigenvalue weighted by molar-refractivity contribution is 5.12. The third kappa shape index (κ3) is 4.29. The lowest BCUT2D eigenvalue weighted by Crippen LogP contribution is -2.14. The summed E-state index contributed by atoms with van der Waals surface area (Å²) >= 11 is 0. The minimum atomic E-state index is 0.668. The van der Waals surface area contributed by atoms with E-state index in [2.05, 4.69) is 36.2 Å². The van der Waals surface area contributed by atoms with E-state index in [0.29, 0.717) is 5.92 Å². The minimum Gasteiger partial charge on any atom is -0.155 e. The second-order valence-corrected chi connectivity index (χ2v) is 6.06. The number of unbranched alkanes of at least 4 members (excludes halogenated alkanes) is 1. The SMILES string of the molecule is CCCC[C@H]1CC[C@H](c2ccc(CCC)nn2)CC1. The predicted octanol–water partition coefficient (Wildman–Crippen LogP) is 4.89. The molecule has 0 amide bonds. The maximum absolute atomic E-state index is 4.46. The first-order valence-corrected chi connectivity index (χ1v) is 8.16. The van der Waals surface area contributed by atoms with E-state index < -0.39 is 0 Å². The normalized spacial score (nSPS) is 23.5. The van der Waals surface area contributed by atoms with Gasteiger partial charge < -0.3 is 0 Å². The molecule has 0 aromatic carbocycles. The lowest BCUT2D eigenvalue weighted by atomic mass is 9.78. The first-order valence-electron chi connectivity index (χ1n) is 8.16. The third-order valence-corrected chi connectivity index (χ3v) is 4.48. The van der Waals surface area contributed by atoms with Crippen LogP contribution in [0, 0.1) is 5.92 Å². The fourth-order valence-electron chi connectivity index (χ4n) is 3.22. The van der Waals surface area contributed by atoms with Gasteiger partial charge in [0, 0.05) is 5.92 Å². The van der Waals surface area contributed by atoms with E-state index in [1.165, 1.54) is 50.6 Å². The summed E-state index contributed by atoms with van der Waals surface area (Å²) in [7, 11) is 0. The van der Waals surface area contributed by atoms with Gasteiger partial charge in [-0.1, -0.05) is 39.5 Å². The molecule has 0 saturated heterocycles. The molecular formula is C17H28N2. The van der Waals surface area contributed by atoms with Gasteiger partial charge in [-0.2, -0.15) is 10.2 Å². The zero-order chi connectivity index (χ0) is 13.5. The summed E-state index contributed by atoms with van der Waals surface area (Å²) in [5.41, 5.74) is 2.37. The fraction of sp³-hybridized carbons (Fsp3) is 0.765. The Morgan fingerprint density at radius 2 is 1.79 bits per heavy atom. The second-order valence-electron chi connectivity index (χ2n) is 6.06. The van der Waals surface area contributed by atoms with Crippen LogP contribution in [0.2, 0.25) is 0 Å². The van der Waals surface area contributed by atoms with Gasteiger partial charge in [-0.25, -0.2) is 0 Å². The fourth-order valence-corrected chi connectivity index (χ4v) is 3.22. The molecule has 2 rings (SSSR count). The molecule has 2 nitrogen and oxygen atoms in total. The number of hydrogen-bond donors (Lipinski definition) is 0. The number of aromatic nitrogens is 2. The quantitative estimate of drug-likeness (QED) is 0.727. The number of nitrogens with zero attached hydrogens (tertiary/aromatic N) is 2. The molecule has 1 aromatic heterocycles. The van der Waals surface area contributed by atoms with E-state index in [0.717, 1.165) is 24.5 Å². The molecular weight excluding hydrogens is 232 g/mol. The first kappa shape index (κ1) is 14.5. The predicted molar refractivity (Wildman–Crippen MR) is 80.3 cm³/mol. The largest absolute Gasteiger partial charge is 0.155 e. The number of hydrogen-bond acceptors (Lipinski definition) is 2. The summed E-state index contributed by atoms with van der Waals surface area (Å²) in [6, 6.07) is 4.39. The van der Waals surface area contributed by atoms with E-state index >= 15 is 0 Å². The number of rotatable bonds is 6. The lowest BCUT2D eigenvalue weighted by molar-refractivity contribution is 0.300. The topological polar surface area (TPSA) is 25.8 Å². The van der Waals surface area contributed by atoms with Crippen molar-refractivity contribution in [1.82, 2.24) is 10.2 Å². The third-order valence-electron chi connectivity index (χ3n) is 4.48. The first-order chi connectivity index (χ1) is 9.33. The van der Waals surface area contributed by atoms with E-state index in [-0.39, 0.29) is 0 Å². The molecule has 1 saturated carbocycles. The monoisotopic (exact) mass is 260 g/mol. The molecule has 106 valence electrons.